The van der Waals surface area contributed by atoms with Gasteiger partial charge in [0.2, 0.25) is 0 Å². The number of hydrogen-bond donors (Lipinski definition) is 1. The number of ether oxygens (including phenoxy) is 1. The highest BCUT2D eigenvalue weighted by Gasteiger charge is 2.32. The number of carbonyl (C=O) groups is 2. The van der Waals surface area contributed by atoms with E-state index in [4.69, 9.17) is 0 Å². The first-order chi connectivity index (χ1) is 8.74. The molecule has 1 aromatic carbocycles. The number of carbonyl (C=O) groups excluding carboxylic acids is 2. The molecule has 2 aromatic rings. The molecule has 4 nitrogen and oxygen atoms in total. The SMILES string of the molecule is O=C1CC(CCc2c[nH]c3ccccc23)C(=O)O1. The smallest absolute Gasteiger partial charge is 0.317 e. The molecule has 1 aliphatic rings. The predicted octanol–water partition coefficient (Wildman–Crippen LogP) is 2.19. The number of H-pyrrole nitrogens is 1. The summed E-state index contributed by atoms with van der Waals surface area (Å²) >= 11 is 0. The summed E-state index contributed by atoms with van der Waals surface area (Å²) in [6.07, 6.45) is 3.62. The van der Waals surface area contributed by atoms with Crippen molar-refractivity contribution in [1.29, 1.82) is 0 Å². The summed E-state index contributed by atoms with van der Waals surface area (Å²) in [4.78, 5) is 25.5. The molecule has 1 aromatic heterocycles. The Balaban J connectivity index is 1.74. The maximum absolute atomic E-state index is 11.4. The molecule has 1 unspecified atom stereocenters. The lowest BCUT2D eigenvalue weighted by atomic mass is 9.98. The van der Waals surface area contributed by atoms with Crippen molar-refractivity contribution in [2.45, 2.75) is 19.3 Å². The number of benzene rings is 1. The number of para-hydroxylation sites is 1. The van der Waals surface area contributed by atoms with Gasteiger partial charge in [-0.3, -0.25) is 9.59 Å². The first-order valence-electron chi connectivity index (χ1n) is 6.03. The second-order valence-corrected chi connectivity index (χ2v) is 4.59. The highest BCUT2D eigenvalue weighted by molar-refractivity contribution is 5.94. The Morgan fingerprint density at radius 2 is 2.11 bits per heavy atom. The first-order valence-corrected chi connectivity index (χ1v) is 6.03. The number of aromatic amines is 1. The number of aryl methyl sites for hydroxylation is 1. The van der Waals surface area contributed by atoms with E-state index in [9.17, 15) is 9.59 Å². The molecule has 0 bridgehead atoms. The quantitative estimate of drug-likeness (QED) is 0.664. The molecule has 0 radical (unpaired) electrons. The van der Waals surface area contributed by atoms with Crippen molar-refractivity contribution < 1.29 is 14.3 Å². The third kappa shape index (κ3) is 1.90. The zero-order chi connectivity index (χ0) is 12.5. The summed E-state index contributed by atoms with van der Waals surface area (Å²) in [5.74, 6) is -1.05. The Kier molecular flexibility index (Phi) is 2.63. The average Bonchev–Trinajstić information content (AvgIpc) is 2.90. The molecular weight excluding hydrogens is 230 g/mol. The van der Waals surface area contributed by atoms with Gasteiger partial charge in [0.05, 0.1) is 12.3 Å². The van der Waals surface area contributed by atoms with Crippen LogP contribution >= 0.6 is 0 Å². The van der Waals surface area contributed by atoms with E-state index in [0.717, 1.165) is 11.9 Å². The van der Waals surface area contributed by atoms with E-state index in [-0.39, 0.29) is 18.3 Å². The fourth-order valence-corrected chi connectivity index (χ4v) is 2.41. The van der Waals surface area contributed by atoms with Crippen molar-refractivity contribution in [3.8, 4) is 0 Å². The lowest BCUT2D eigenvalue weighted by Crippen LogP contribution is -2.08. The lowest BCUT2D eigenvalue weighted by Gasteiger charge is -2.03. The van der Waals surface area contributed by atoms with Crippen LogP contribution < -0.4 is 0 Å². The van der Waals surface area contributed by atoms with Gasteiger partial charge in [0.25, 0.3) is 0 Å². The summed E-state index contributed by atoms with van der Waals surface area (Å²) in [6, 6.07) is 8.05. The van der Waals surface area contributed by atoms with Gasteiger partial charge in [0.1, 0.15) is 0 Å². The summed E-state index contributed by atoms with van der Waals surface area (Å²) in [6.45, 7) is 0. The molecule has 18 heavy (non-hydrogen) atoms. The fraction of sp³-hybridized carbons (Fsp3) is 0.286. The van der Waals surface area contributed by atoms with Gasteiger partial charge in [-0.25, -0.2) is 0 Å². The molecule has 1 fully saturated rings. The highest BCUT2D eigenvalue weighted by atomic mass is 16.6. The van der Waals surface area contributed by atoms with Crippen LogP contribution in [0.5, 0.6) is 0 Å². The predicted molar refractivity (Wildman–Crippen MR) is 65.8 cm³/mol. The van der Waals surface area contributed by atoms with E-state index < -0.39 is 5.97 Å². The second-order valence-electron chi connectivity index (χ2n) is 4.59. The molecule has 1 saturated heterocycles. The minimum Gasteiger partial charge on any atom is -0.393 e. The summed E-state index contributed by atoms with van der Waals surface area (Å²) < 4.78 is 4.55. The largest absolute Gasteiger partial charge is 0.393 e. The van der Waals surface area contributed by atoms with Gasteiger partial charge in [-0.15, -0.1) is 0 Å². The van der Waals surface area contributed by atoms with Crippen molar-refractivity contribution in [1.82, 2.24) is 4.98 Å². The van der Waals surface area contributed by atoms with Gasteiger partial charge in [-0.1, -0.05) is 18.2 Å². The topological polar surface area (TPSA) is 59.2 Å². The molecule has 0 amide bonds. The third-order valence-corrected chi connectivity index (χ3v) is 3.40. The van der Waals surface area contributed by atoms with E-state index in [0.29, 0.717) is 6.42 Å². The lowest BCUT2D eigenvalue weighted by molar-refractivity contribution is -0.153. The number of hydrogen-bond acceptors (Lipinski definition) is 3. The minimum atomic E-state index is -0.399. The number of rotatable bonds is 3. The van der Waals surface area contributed by atoms with Crippen molar-refractivity contribution in [3.63, 3.8) is 0 Å². The number of esters is 2. The molecular formula is C14H13NO3. The van der Waals surface area contributed by atoms with Crippen LogP contribution in [0.2, 0.25) is 0 Å². The van der Waals surface area contributed by atoms with E-state index in [1.54, 1.807) is 0 Å². The van der Waals surface area contributed by atoms with E-state index in [2.05, 4.69) is 15.8 Å². The molecule has 0 spiro atoms. The Morgan fingerprint density at radius 1 is 1.28 bits per heavy atom. The summed E-state index contributed by atoms with van der Waals surface area (Å²) in [5, 5.41) is 1.18. The van der Waals surface area contributed by atoms with Crippen molar-refractivity contribution in [3.05, 3.63) is 36.0 Å². The Hall–Kier alpha value is -2.10. The molecule has 0 aliphatic carbocycles. The van der Waals surface area contributed by atoms with E-state index >= 15 is 0 Å². The molecule has 1 atom stereocenters. The molecule has 1 N–H and O–H groups in total. The fourth-order valence-electron chi connectivity index (χ4n) is 2.41. The zero-order valence-corrected chi connectivity index (χ0v) is 9.81. The molecule has 92 valence electrons. The highest BCUT2D eigenvalue weighted by Crippen LogP contribution is 2.24. The van der Waals surface area contributed by atoms with Gasteiger partial charge in [-0.2, -0.15) is 0 Å². The number of fused-ring (bicyclic) bond motifs is 1. The number of cyclic esters (lactones) is 2. The second kappa shape index (κ2) is 4.29. The Bertz CT molecular complexity index is 614. The maximum atomic E-state index is 11.4. The van der Waals surface area contributed by atoms with Gasteiger partial charge in [0.15, 0.2) is 0 Å². The van der Waals surface area contributed by atoms with Gasteiger partial charge < -0.3 is 9.72 Å². The summed E-state index contributed by atoms with van der Waals surface area (Å²) in [5.41, 5.74) is 2.27. The zero-order valence-electron chi connectivity index (χ0n) is 9.81. The van der Waals surface area contributed by atoms with Gasteiger partial charge in [0, 0.05) is 17.1 Å². The molecule has 1 aliphatic heterocycles. The van der Waals surface area contributed by atoms with Crippen LogP contribution in [-0.4, -0.2) is 16.9 Å². The van der Waals surface area contributed by atoms with Crippen LogP contribution in [0.1, 0.15) is 18.4 Å². The Morgan fingerprint density at radius 3 is 2.89 bits per heavy atom. The first kappa shape index (κ1) is 11.0. The minimum absolute atomic E-state index is 0.223. The van der Waals surface area contributed by atoms with E-state index in [1.165, 1.54) is 10.9 Å². The van der Waals surface area contributed by atoms with Crippen LogP contribution in [0.4, 0.5) is 0 Å². The molecule has 4 heteroatoms. The average molecular weight is 243 g/mol. The van der Waals surface area contributed by atoms with Crippen LogP contribution in [0.15, 0.2) is 30.5 Å². The maximum Gasteiger partial charge on any atom is 0.317 e. The molecule has 2 heterocycles. The van der Waals surface area contributed by atoms with Crippen molar-refractivity contribution in [2.24, 2.45) is 5.92 Å². The van der Waals surface area contributed by atoms with Crippen LogP contribution in [0.3, 0.4) is 0 Å². The van der Waals surface area contributed by atoms with Crippen molar-refractivity contribution in [2.75, 3.05) is 0 Å². The van der Waals surface area contributed by atoms with Crippen molar-refractivity contribution >= 4 is 22.8 Å². The third-order valence-electron chi connectivity index (χ3n) is 3.40. The van der Waals surface area contributed by atoms with Crippen LogP contribution in [-0.2, 0) is 20.7 Å². The van der Waals surface area contributed by atoms with Crippen LogP contribution in [0.25, 0.3) is 10.9 Å². The van der Waals surface area contributed by atoms with Gasteiger partial charge in [-0.05, 0) is 24.5 Å². The van der Waals surface area contributed by atoms with Gasteiger partial charge >= 0.3 is 11.9 Å². The monoisotopic (exact) mass is 243 g/mol. The Labute approximate surface area is 104 Å². The molecule has 0 saturated carbocycles. The molecule has 3 rings (SSSR count). The standard InChI is InChI=1S/C14H13NO3/c16-13-7-9(14(17)18-13)5-6-10-8-15-12-4-2-1-3-11(10)12/h1-4,8-9,15H,5-7H2. The van der Waals surface area contributed by atoms with E-state index in [1.807, 2.05) is 24.4 Å². The normalized spacial score (nSPS) is 19.4. The number of aromatic nitrogens is 1. The summed E-state index contributed by atoms with van der Waals surface area (Å²) in [7, 11) is 0. The number of nitrogens with one attached hydrogen (secondary N) is 1. The van der Waals surface area contributed by atoms with Crippen LogP contribution in [0, 0.1) is 5.92 Å².